The Kier molecular flexibility index (Phi) is 14.6. The number of aryl methyl sites for hydroxylation is 1. The van der Waals surface area contributed by atoms with Crippen LogP contribution in [0, 0.1) is 11.3 Å². The van der Waals surface area contributed by atoms with Crippen LogP contribution in [0.2, 0.25) is 0 Å². The first-order valence-electron chi connectivity index (χ1n) is 23.0. The van der Waals surface area contributed by atoms with Gasteiger partial charge in [-0.2, -0.15) is 0 Å². The van der Waals surface area contributed by atoms with Gasteiger partial charge in [0.05, 0.1) is 46.7 Å². The lowest BCUT2D eigenvalue weighted by Crippen LogP contribution is -2.62. The second-order valence-corrected chi connectivity index (χ2v) is 20.2. The van der Waals surface area contributed by atoms with Crippen LogP contribution >= 0.6 is 11.3 Å². The highest BCUT2D eigenvalue weighted by Gasteiger charge is 2.38. The fraction of sp³-hybridized carbons (Fsp3) is 0.583. The van der Waals surface area contributed by atoms with Crippen LogP contribution in [-0.2, 0) is 43.2 Å². The quantitative estimate of drug-likeness (QED) is 0.202. The van der Waals surface area contributed by atoms with Crippen LogP contribution in [0.3, 0.4) is 0 Å². The van der Waals surface area contributed by atoms with Crippen molar-refractivity contribution in [2.45, 2.75) is 98.0 Å². The summed E-state index contributed by atoms with van der Waals surface area (Å²) in [5.41, 5.74) is 10.5. The van der Waals surface area contributed by atoms with Gasteiger partial charge in [-0.15, -0.1) is 11.3 Å². The minimum atomic E-state index is -1.04. The van der Waals surface area contributed by atoms with Gasteiger partial charge in [-0.25, -0.2) is 15.2 Å². The molecule has 4 atom stereocenters. The lowest BCUT2D eigenvalue weighted by atomic mass is 9.84. The van der Waals surface area contributed by atoms with Crippen LogP contribution in [0.1, 0.15) is 76.8 Å². The van der Waals surface area contributed by atoms with Crippen LogP contribution in [-0.4, -0.2) is 151 Å². The van der Waals surface area contributed by atoms with E-state index in [1.165, 1.54) is 26.1 Å². The lowest BCUT2D eigenvalue weighted by Gasteiger charge is -2.36. The number of nitrogens with one attached hydrogen (secondary N) is 2. The third-order valence-electron chi connectivity index (χ3n) is 13.1. The smallest absolute Gasteiger partial charge is 0.324 e. The number of carbonyl (C=O) groups excluding carboxylic acids is 4. The van der Waals surface area contributed by atoms with Gasteiger partial charge in [0.25, 0.3) is 5.91 Å². The molecule has 6 bridgehead atoms. The monoisotopic (exact) mass is 913 g/mol. The van der Waals surface area contributed by atoms with Gasteiger partial charge >= 0.3 is 12.0 Å². The van der Waals surface area contributed by atoms with E-state index in [1.807, 2.05) is 32.3 Å². The number of benzene rings is 1. The van der Waals surface area contributed by atoms with Gasteiger partial charge in [0.1, 0.15) is 18.1 Å². The topological polar surface area (TPSA) is 158 Å². The number of likely N-dealkylation sites (N-methyl/N-ethyl adjacent to an activating group) is 2. The van der Waals surface area contributed by atoms with E-state index in [2.05, 4.69) is 77.2 Å². The third-order valence-corrected chi connectivity index (χ3v) is 14.0. The number of hydrogen-bond donors (Lipinski definition) is 2. The number of amides is 4. The Bertz CT molecular complexity index is 2390. The number of hydrogen-bond acceptors (Lipinski definition) is 12. The molecule has 65 heavy (non-hydrogen) atoms. The summed E-state index contributed by atoms with van der Waals surface area (Å²) < 4.78 is 14.5. The van der Waals surface area contributed by atoms with Gasteiger partial charge in [-0.3, -0.25) is 24.4 Å². The molecular weight excluding hydrogens is 845 g/mol. The van der Waals surface area contributed by atoms with E-state index in [0.29, 0.717) is 37.4 Å². The molecule has 3 aromatic heterocycles. The minimum absolute atomic E-state index is 0.105. The van der Waals surface area contributed by atoms with E-state index in [1.54, 1.807) is 28.3 Å². The van der Waals surface area contributed by atoms with Crippen LogP contribution in [0.25, 0.3) is 33.4 Å². The van der Waals surface area contributed by atoms with E-state index < -0.39 is 41.3 Å². The summed E-state index contributed by atoms with van der Waals surface area (Å²) in [5.74, 6) is -1.54. The maximum absolute atomic E-state index is 14.5. The molecule has 0 radical (unpaired) electrons. The van der Waals surface area contributed by atoms with Crippen LogP contribution in [0.5, 0.6) is 0 Å². The van der Waals surface area contributed by atoms with Crippen LogP contribution in [0.4, 0.5) is 10.5 Å². The van der Waals surface area contributed by atoms with Gasteiger partial charge in [-0.05, 0) is 69.8 Å². The molecule has 2 N–H and O–H groups in total. The molecule has 4 aromatic rings. The number of esters is 1. The Morgan fingerprint density at radius 2 is 1.82 bits per heavy atom. The Morgan fingerprint density at radius 3 is 2.49 bits per heavy atom. The largest absolute Gasteiger partial charge is 0.464 e. The number of rotatable bonds is 9. The van der Waals surface area contributed by atoms with Crippen molar-refractivity contribution < 1.29 is 28.7 Å². The lowest BCUT2D eigenvalue weighted by molar-refractivity contribution is -0.155. The first kappa shape index (κ1) is 47.9. The number of ether oxygens (including phenoxy) is 2. The van der Waals surface area contributed by atoms with Crippen molar-refractivity contribution in [3.05, 3.63) is 52.1 Å². The van der Waals surface area contributed by atoms with Crippen molar-refractivity contribution >= 4 is 51.7 Å². The number of pyridine rings is 1. The number of carbonyl (C=O) groups is 4. The predicted octanol–water partition coefficient (Wildman–Crippen LogP) is 5.59. The zero-order valence-corrected chi connectivity index (χ0v) is 40.9. The van der Waals surface area contributed by atoms with Crippen LogP contribution in [0.15, 0.2) is 35.8 Å². The average molecular weight is 913 g/mol. The molecule has 4 amide bonds. The van der Waals surface area contributed by atoms with E-state index in [0.717, 1.165) is 76.5 Å². The number of thiazole rings is 1. The van der Waals surface area contributed by atoms with E-state index in [-0.39, 0.29) is 31.1 Å². The Balaban J connectivity index is 1.35. The van der Waals surface area contributed by atoms with Gasteiger partial charge in [0.15, 0.2) is 0 Å². The highest BCUT2D eigenvalue weighted by atomic mass is 32.1. The highest BCUT2D eigenvalue weighted by Crippen LogP contribution is 2.43. The number of urea groups is 1. The molecular formula is C48H68N10O6S. The number of anilines is 1. The standard InChI is InChI=1S/C48H68N10O6S/c1-12-57-39-16-15-31-22-33(39)35(43(57)34-23-32(26-49-41(34)30(4)63-11)56-20-18-54(9)19-21-56)25-48(5,6)28-64-46(61)36-14-13-17-58(52-36)45(60)37(24-40-50-38(31)27-65-40)51-44(59)42(29(2)3)55(10)47(62)53(7)8/h15-16,22-23,26-27,29-30,36-37,42,52H,12-14,17-21,24-25,28H2,1-11H3,(H,51,59)/t30-,36-,37-,42-/m0/s1. The minimum Gasteiger partial charge on any atom is -0.464 e. The zero-order chi connectivity index (χ0) is 46.9. The van der Waals surface area contributed by atoms with Gasteiger partial charge in [-0.1, -0.05) is 33.8 Å². The van der Waals surface area contributed by atoms with Crippen molar-refractivity contribution in [1.82, 2.24) is 45.0 Å². The fourth-order valence-corrected chi connectivity index (χ4v) is 10.3. The van der Waals surface area contributed by atoms with Crippen molar-refractivity contribution in [2.75, 3.05) is 79.5 Å². The van der Waals surface area contributed by atoms with Crippen molar-refractivity contribution in [2.24, 2.45) is 11.3 Å². The molecule has 17 heteroatoms. The number of fused-ring (bicyclic) bond motifs is 6. The van der Waals surface area contributed by atoms with Gasteiger partial charge in [0, 0.05) is 107 Å². The Hall–Kier alpha value is -5.10. The summed E-state index contributed by atoms with van der Waals surface area (Å²) in [6.45, 7) is 17.1. The van der Waals surface area contributed by atoms with Crippen molar-refractivity contribution in [3.63, 3.8) is 0 Å². The molecule has 2 saturated heterocycles. The summed E-state index contributed by atoms with van der Waals surface area (Å²) in [4.78, 5) is 73.5. The summed E-state index contributed by atoms with van der Waals surface area (Å²) in [6.07, 6.45) is 3.43. The molecule has 0 unspecified atom stereocenters. The van der Waals surface area contributed by atoms with Crippen molar-refractivity contribution in [3.8, 4) is 22.5 Å². The molecule has 0 aliphatic carbocycles. The SMILES string of the molecule is CCn1c(-c2cc(N3CCN(C)CC3)cnc2[C@H](C)OC)c2c3cc(ccc31)-c1csc(n1)C[C@H](NC(=O)[C@H](C(C)C)N(C)C(=O)N(C)C)C(=O)N1CCC[C@H](N1)C(=O)OCC(C)(C)C2. The summed E-state index contributed by atoms with van der Waals surface area (Å²) in [7, 11) is 8.73. The normalized spacial score (nSPS) is 20.6. The fourth-order valence-electron chi connectivity index (χ4n) is 9.46. The number of cyclic esters (lactones) is 1. The number of nitrogens with zero attached hydrogens (tertiary/aromatic N) is 8. The highest BCUT2D eigenvalue weighted by molar-refractivity contribution is 7.10. The zero-order valence-electron chi connectivity index (χ0n) is 40.1. The summed E-state index contributed by atoms with van der Waals surface area (Å²) in [5, 5.41) is 8.17. The summed E-state index contributed by atoms with van der Waals surface area (Å²) in [6, 6.07) is 5.76. The number of methoxy groups -OCH3 is 1. The Morgan fingerprint density at radius 1 is 1.08 bits per heavy atom. The first-order valence-corrected chi connectivity index (χ1v) is 23.8. The van der Waals surface area contributed by atoms with Gasteiger partial charge < -0.3 is 39.0 Å². The molecule has 2 fully saturated rings. The molecule has 1 aromatic carbocycles. The van der Waals surface area contributed by atoms with Crippen LogP contribution < -0.4 is 15.6 Å². The van der Waals surface area contributed by atoms with Crippen molar-refractivity contribution in [1.29, 1.82) is 0 Å². The number of aromatic nitrogens is 3. The second-order valence-electron chi connectivity index (χ2n) is 19.2. The van der Waals surface area contributed by atoms with E-state index in [4.69, 9.17) is 19.4 Å². The Labute approximate surface area is 387 Å². The molecule has 3 aliphatic heterocycles. The maximum Gasteiger partial charge on any atom is 0.324 e. The third kappa shape index (κ3) is 10.2. The predicted molar refractivity (Wildman–Crippen MR) is 255 cm³/mol. The molecule has 3 aliphatic rings. The number of hydrazine groups is 1. The first-order chi connectivity index (χ1) is 30.9. The average Bonchev–Trinajstić information content (AvgIpc) is 3.88. The van der Waals surface area contributed by atoms with E-state index >= 15 is 0 Å². The maximum atomic E-state index is 14.5. The molecule has 16 nitrogen and oxygen atoms in total. The molecule has 352 valence electrons. The second kappa shape index (κ2) is 19.8. The molecule has 7 rings (SSSR count). The molecule has 6 heterocycles. The molecule has 0 spiro atoms. The molecule has 0 saturated carbocycles. The number of piperazine rings is 1. The summed E-state index contributed by atoms with van der Waals surface area (Å²) >= 11 is 1.43. The van der Waals surface area contributed by atoms with Gasteiger partial charge in [0.2, 0.25) is 5.91 Å². The van der Waals surface area contributed by atoms with E-state index in [9.17, 15) is 19.2 Å².